The maximum atomic E-state index is 13.0. The van der Waals surface area contributed by atoms with E-state index in [1.54, 1.807) is 31.4 Å². The Balaban J connectivity index is 2.21. The number of aromatic carboxylic acids is 1. The van der Waals surface area contributed by atoms with E-state index in [1.165, 1.54) is 20.3 Å². The summed E-state index contributed by atoms with van der Waals surface area (Å²) >= 11 is 0. The molecule has 0 aliphatic carbocycles. The van der Waals surface area contributed by atoms with E-state index in [0.717, 1.165) is 32.1 Å². The number of hydrogen-bond donors (Lipinski definition) is 2. The first-order valence-electron chi connectivity index (χ1n) is 12.0. The Morgan fingerprint density at radius 3 is 2.23 bits per heavy atom. The fourth-order valence-corrected chi connectivity index (χ4v) is 3.95. The zero-order chi connectivity index (χ0) is 25.8. The summed E-state index contributed by atoms with van der Waals surface area (Å²) in [6.07, 6.45) is 5.49. The zero-order valence-electron chi connectivity index (χ0n) is 21.3. The van der Waals surface area contributed by atoms with Crippen molar-refractivity contribution in [2.45, 2.75) is 58.4 Å². The normalized spacial score (nSPS) is 11.5. The number of carbonyl (C=O) groups excluding carboxylic acids is 1. The van der Waals surface area contributed by atoms with E-state index in [4.69, 9.17) is 18.9 Å². The van der Waals surface area contributed by atoms with Crippen LogP contribution >= 0.6 is 0 Å². The molecule has 0 aliphatic heterocycles. The molecular formula is C27H37NO7. The highest BCUT2D eigenvalue weighted by Gasteiger charge is 2.21. The van der Waals surface area contributed by atoms with E-state index < -0.39 is 5.97 Å². The van der Waals surface area contributed by atoms with Gasteiger partial charge in [0.2, 0.25) is 0 Å². The van der Waals surface area contributed by atoms with Crippen molar-refractivity contribution in [3.05, 3.63) is 47.0 Å². The molecule has 0 bridgehead atoms. The highest BCUT2D eigenvalue weighted by atomic mass is 16.5. The predicted molar refractivity (Wildman–Crippen MR) is 134 cm³/mol. The molecule has 2 aromatic rings. The van der Waals surface area contributed by atoms with Crippen LogP contribution in [0.1, 0.15) is 72.2 Å². The molecule has 1 unspecified atom stereocenters. The Labute approximate surface area is 207 Å². The third kappa shape index (κ3) is 7.53. The van der Waals surface area contributed by atoms with Crippen LogP contribution in [0.4, 0.5) is 0 Å². The van der Waals surface area contributed by atoms with Crippen molar-refractivity contribution < 1.29 is 33.6 Å². The molecule has 2 aromatic carbocycles. The van der Waals surface area contributed by atoms with Crippen molar-refractivity contribution >= 4 is 11.9 Å². The Bertz CT molecular complexity index is 990. The van der Waals surface area contributed by atoms with Gasteiger partial charge in [-0.2, -0.15) is 0 Å². The summed E-state index contributed by atoms with van der Waals surface area (Å²) in [7, 11) is 4.56. The van der Waals surface area contributed by atoms with Crippen molar-refractivity contribution in [2.24, 2.45) is 0 Å². The van der Waals surface area contributed by atoms with Crippen LogP contribution in [0.5, 0.6) is 23.0 Å². The SMILES string of the molecule is CCCCCCC(COc1ccc(C(=O)O)c(CC)c1OC)NC(=O)c1ccc(OC)c(OC)c1. The van der Waals surface area contributed by atoms with Gasteiger partial charge < -0.3 is 29.4 Å². The maximum absolute atomic E-state index is 13.0. The monoisotopic (exact) mass is 487 g/mol. The van der Waals surface area contributed by atoms with E-state index in [1.807, 2.05) is 6.92 Å². The van der Waals surface area contributed by atoms with E-state index >= 15 is 0 Å². The molecule has 0 radical (unpaired) electrons. The lowest BCUT2D eigenvalue weighted by Gasteiger charge is -2.22. The Hall–Kier alpha value is -3.42. The van der Waals surface area contributed by atoms with E-state index in [-0.39, 0.29) is 24.1 Å². The number of rotatable bonds is 15. The summed E-state index contributed by atoms with van der Waals surface area (Å²) in [6.45, 7) is 4.24. The van der Waals surface area contributed by atoms with Gasteiger partial charge in [-0.25, -0.2) is 4.79 Å². The van der Waals surface area contributed by atoms with Gasteiger partial charge in [-0.05, 0) is 43.2 Å². The molecule has 1 amide bonds. The third-order valence-electron chi connectivity index (χ3n) is 5.84. The van der Waals surface area contributed by atoms with Crippen molar-refractivity contribution in [1.82, 2.24) is 5.32 Å². The van der Waals surface area contributed by atoms with Crippen LogP contribution in [-0.2, 0) is 6.42 Å². The van der Waals surface area contributed by atoms with Crippen LogP contribution in [0.2, 0.25) is 0 Å². The lowest BCUT2D eigenvalue weighted by atomic mass is 10.0. The van der Waals surface area contributed by atoms with E-state index in [9.17, 15) is 14.7 Å². The molecule has 0 saturated heterocycles. The summed E-state index contributed by atoms with van der Waals surface area (Å²) in [5.41, 5.74) is 1.22. The van der Waals surface area contributed by atoms with Gasteiger partial charge in [0.25, 0.3) is 5.91 Å². The van der Waals surface area contributed by atoms with Crippen molar-refractivity contribution in [3.63, 3.8) is 0 Å². The molecular weight excluding hydrogens is 450 g/mol. The van der Waals surface area contributed by atoms with Gasteiger partial charge in [-0.15, -0.1) is 0 Å². The number of carboxylic acids is 1. The molecule has 8 heteroatoms. The zero-order valence-corrected chi connectivity index (χ0v) is 21.3. The standard InChI is InChI=1S/C27H37NO7/c1-6-8-9-10-11-19(28-26(29)18-12-14-22(32-3)24(16-18)33-4)17-35-23-15-13-21(27(30)31)20(7-2)25(23)34-5/h12-16,19H,6-11,17H2,1-5H3,(H,28,29)(H,30,31). The minimum Gasteiger partial charge on any atom is -0.493 e. The molecule has 2 rings (SSSR count). The molecule has 8 nitrogen and oxygen atoms in total. The minimum atomic E-state index is -1.01. The second-order valence-electron chi connectivity index (χ2n) is 8.18. The van der Waals surface area contributed by atoms with Crippen molar-refractivity contribution in [1.29, 1.82) is 0 Å². The van der Waals surface area contributed by atoms with Gasteiger partial charge in [0.1, 0.15) is 6.61 Å². The van der Waals surface area contributed by atoms with Crippen LogP contribution in [-0.4, -0.2) is 51.0 Å². The molecule has 0 saturated carbocycles. The Morgan fingerprint density at radius 1 is 0.914 bits per heavy atom. The maximum Gasteiger partial charge on any atom is 0.336 e. The minimum absolute atomic E-state index is 0.189. The second kappa shape index (κ2) is 14.1. The number of amides is 1. The van der Waals surface area contributed by atoms with Gasteiger partial charge in [0.15, 0.2) is 23.0 Å². The molecule has 192 valence electrons. The number of hydrogen-bond acceptors (Lipinski definition) is 6. The van der Waals surface area contributed by atoms with Gasteiger partial charge in [-0.3, -0.25) is 4.79 Å². The largest absolute Gasteiger partial charge is 0.493 e. The lowest BCUT2D eigenvalue weighted by molar-refractivity contribution is 0.0694. The molecule has 2 N–H and O–H groups in total. The number of nitrogens with one attached hydrogen (secondary N) is 1. The first kappa shape index (κ1) is 27.8. The first-order chi connectivity index (χ1) is 16.9. The smallest absolute Gasteiger partial charge is 0.336 e. The van der Waals surface area contributed by atoms with Crippen LogP contribution in [0.3, 0.4) is 0 Å². The van der Waals surface area contributed by atoms with E-state index in [0.29, 0.717) is 40.5 Å². The van der Waals surface area contributed by atoms with Gasteiger partial charge >= 0.3 is 5.97 Å². The van der Waals surface area contributed by atoms with Crippen LogP contribution in [0.25, 0.3) is 0 Å². The van der Waals surface area contributed by atoms with Crippen LogP contribution in [0.15, 0.2) is 30.3 Å². The summed E-state index contributed by atoms with van der Waals surface area (Å²) in [5, 5.41) is 12.6. The average Bonchev–Trinajstić information content (AvgIpc) is 2.87. The molecule has 0 spiro atoms. The highest BCUT2D eigenvalue weighted by molar-refractivity contribution is 5.95. The number of methoxy groups -OCH3 is 3. The van der Waals surface area contributed by atoms with Gasteiger partial charge in [0, 0.05) is 11.1 Å². The van der Waals surface area contributed by atoms with Gasteiger partial charge in [0.05, 0.1) is 32.9 Å². The Morgan fingerprint density at radius 2 is 1.63 bits per heavy atom. The molecule has 0 fully saturated rings. The number of unbranched alkanes of at least 4 members (excludes halogenated alkanes) is 3. The quantitative estimate of drug-likeness (QED) is 0.336. The fourth-order valence-electron chi connectivity index (χ4n) is 3.95. The van der Waals surface area contributed by atoms with E-state index in [2.05, 4.69) is 12.2 Å². The van der Waals surface area contributed by atoms with Gasteiger partial charge in [-0.1, -0.05) is 39.5 Å². The van der Waals surface area contributed by atoms with Crippen LogP contribution in [0, 0.1) is 0 Å². The summed E-state index contributed by atoms with van der Waals surface area (Å²) in [4.78, 5) is 24.6. The molecule has 0 aromatic heterocycles. The molecule has 0 heterocycles. The number of carboxylic acid groups (broad SMARTS) is 1. The molecule has 0 aliphatic rings. The van der Waals surface area contributed by atoms with Crippen LogP contribution < -0.4 is 24.3 Å². The average molecular weight is 488 g/mol. The fraction of sp³-hybridized carbons (Fsp3) is 0.481. The number of ether oxygens (including phenoxy) is 4. The summed E-state index contributed by atoms with van der Waals surface area (Å²) < 4.78 is 22.1. The predicted octanol–water partition coefficient (Wildman–Crippen LogP) is 5.12. The molecule has 35 heavy (non-hydrogen) atoms. The number of benzene rings is 2. The number of carbonyl (C=O) groups is 2. The third-order valence-corrected chi connectivity index (χ3v) is 5.84. The van der Waals surface area contributed by atoms with Crippen molar-refractivity contribution in [3.8, 4) is 23.0 Å². The Kier molecular flexibility index (Phi) is 11.2. The molecule has 1 atom stereocenters. The summed E-state index contributed by atoms with van der Waals surface area (Å²) in [5.74, 6) is 0.634. The second-order valence-corrected chi connectivity index (χ2v) is 8.18. The summed E-state index contributed by atoms with van der Waals surface area (Å²) in [6, 6.07) is 7.91. The highest BCUT2D eigenvalue weighted by Crippen LogP contribution is 2.34. The lowest BCUT2D eigenvalue weighted by Crippen LogP contribution is -2.39. The topological polar surface area (TPSA) is 103 Å². The first-order valence-corrected chi connectivity index (χ1v) is 12.0. The van der Waals surface area contributed by atoms with Crippen molar-refractivity contribution in [2.75, 3.05) is 27.9 Å².